The highest BCUT2D eigenvalue weighted by atomic mass is 32.1. The van der Waals surface area contributed by atoms with Crippen molar-refractivity contribution >= 4 is 16.3 Å². The largest absolute Gasteiger partial charge is 0.294 e. The zero-order chi connectivity index (χ0) is 6.27. The molecule has 0 bridgehead atoms. The van der Waals surface area contributed by atoms with Gasteiger partial charge in [-0.1, -0.05) is 11.3 Å². The highest BCUT2D eigenvalue weighted by Crippen LogP contribution is 2.11. The van der Waals surface area contributed by atoms with Crippen LogP contribution in [-0.2, 0) is 0 Å². The highest BCUT2D eigenvalue weighted by Gasteiger charge is 1.96. The lowest BCUT2D eigenvalue weighted by Gasteiger charge is -1.81. The van der Waals surface area contributed by atoms with Gasteiger partial charge in [-0.15, -0.1) is 0 Å². The van der Waals surface area contributed by atoms with E-state index in [0.717, 1.165) is 10.7 Å². The molecule has 1 radical (unpaired) electrons. The average molecular weight is 137 g/mol. The van der Waals surface area contributed by atoms with E-state index < -0.39 is 0 Å². The number of fused-ring (bicyclic) bond motifs is 1. The van der Waals surface area contributed by atoms with Crippen molar-refractivity contribution in [1.29, 1.82) is 0 Å². The molecule has 0 fully saturated rings. The first kappa shape index (κ1) is 4.99. The Morgan fingerprint density at radius 3 is 3.44 bits per heavy atom. The van der Waals surface area contributed by atoms with Gasteiger partial charge in [-0.05, 0) is 6.92 Å². The van der Waals surface area contributed by atoms with Crippen molar-refractivity contribution in [3.05, 3.63) is 23.5 Å². The molecule has 3 heteroatoms. The van der Waals surface area contributed by atoms with Crippen LogP contribution in [0.3, 0.4) is 0 Å². The maximum absolute atomic E-state index is 4.09. The summed E-state index contributed by atoms with van der Waals surface area (Å²) in [6.45, 7) is 2.02. The molecule has 0 saturated carbocycles. The molecule has 0 aromatic carbocycles. The number of imidazole rings is 1. The maximum Gasteiger partial charge on any atom is 0.194 e. The quantitative estimate of drug-likeness (QED) is 0.538. The maximum atomic E-state index is 4.09. The number of nitrogens with zero attached hydrogens (tertiary/aromatic N) is 2. The van der Waals surface area contributed by atoms with E-state index in [4.69, 9.17) is 0 Å². The molecule has 0 atom stereocenters. The molecule has 2 aromatic rings. The van der Waals surface area contributed by atoms with Crippen LogP contribution in [0.1, 0.15) is 5.69 Å². The van der Waals surface area contributed by atoms with Crippen LogP contribution in [0.4, 0.5) is 0 Å². The van der Waals surface area contributed by atoms with Crippen LogP contribution in [0.2, 0.25) is 0 Å². The molecule has 45 valence electrons. The molecule has 0 spiro atoms. The van der Waals surface area contributed by atoms with Gasteiger partial charge in [0.25, 0.3) is 0 Å². The Morgan fingerprint density at radius 1 is 1.78 bits per heavy atom. The second kappa shape index (κ2) is 1.57. The van der Waals surface area contributed by atoms with Gasteiger partial charge >= 0.3 is 0 Å². The summed E-state index contributed by atoms with van der Waals surface area (Å²) >= 11 is 1.55. The first-order valence-electron chi connectivity index (χ1n) is 2.68. The van der Waals surface area contributed by atoms with Gasteiger partial charge in [0.05, 0.1) is 5.38 Å². The van der Waals surface area contributed by atoms with Crippen molar-refractivity contribution < 1.29 is 0 Å². The van der Waals surface area contributed by atoms with E-state index in [1.54, 1.807) is 17.5 Å². The van der Waals surface area contributed by atoms with Crippen molar-refractivity contribution in [3.63, 3.8) is 0 Å². The van der Waals surface area contributed by atoms with Gasteiger partial charge in [-0.3, -0.25) is 4.40 Å². The van der Waals surface area contributed by atoms with Crippen LogP contribution in [0, 0.1) is 12.3 Å². The van der Waals surface area contributed by atoms with Gasteiger partial charge < -0.3 is 0 Å². The second-order valence-electron chi connectivity index (χ2n) is 1.87. The lowest BCUT2D eigenvalue weighted by atomic mass is 10.6. The molecule has 0 amide bonds. The Kier molecular flexibility index (Phi) is 0.873. The fourth-order valence-corrected chi connectivity index (χ4v) is 1.54. The number of hydrogen-bond donors (Lipinski definition) is 0. The van der Waals surface area contributed by atoms with Crippen molar-refractivity contribution in [3.8, 4) is 0 Å². The zero-order valence-corrected chi connectivity index (χ0v) is 5.77. The summed E-state index contributed by atoms with van der Waals surface area (Å²) in [6.07, 6.45) is 3.74. The van der Waals surface area contributed by atoms with Crippen LogP contribution in [0.15, 0.2) is 12.4 Å². The predicted molar refractivity (Wildman–Crippen MR) is 36.6 cm³/mol. The molecule has 9 heavy (non-hydrogen) atoms. The normalized spacial score (nSPS) is 10.8. The van der Waals surface area contributed by atoms with Gasteiger partial charge in [0.15, 0.2) is 4.96 Å². The molecule has 0 saturated heterocycles. The first-order valence-corrected chi connectivity index (χ1v) is 3.50. The summed E-state index contributed by atoms with van der Waals surface area (Å²) in [4.78, 5) is 5.11. The molecule has 0 aliphatic heterocycles. The molecular formula is C6H5N2S. The minimum Gasteiger partial charge on any atom is -0.294 e. The summed E-state index contributed by atoms with van der Waals surface area (Å²) in [5.41, 5.74) is 1.13. The first-order chi connectivity index (χ1) is 4.38. The molecule has 2 nitrogen and oxygen atoms in total. The van der Waals surface area contributed by atoms with E-state index >= 15 is 0 Å². The van der Waals surface area contributed by atoms with Crippen molar-refractivity contribution in [2.45, 2.75) is 6.92 Å². The summed E-state index contributed by atoms with van der Waals surface area (Å²) in [7, 11) is 0. The topological polar surface area (TPSA) is 17.3 Å². The molecule has 0 aliphatic rings. The molecule has 2 aromatic heterocycles. The van der Waals surface area contributed by atoms with Gasteiger partial charge in [0, 0.05) is 18.1 Å². The molecule has 0 aliphatic carbocycles. The van der Waals surface area contributed by atoms with Crippen molar-refractivity contribution in [2.75, 3.05) is 0 Å². The van der Waals surface area contributed by atoms with E-state index in [1.807, 2.05) is 17.5 Å². The van der Waals surface area contributed by atoms with Crippen LogP contribution in [0.5, 0.6) is 0 Å². The van der Waals surface area contributed by atoms with E-state index in [-0.39, 0.29) is 0 Å². The highest BCUT2D eigenvalue weighted by molar-refractivity contribution is 7.14. The summed E-state index contributed by atoms with van der Waals surface area (Å²) in [5.74, 6) is 0. The van der Waals surface area contributed by atoms with Gasteiger partial charge in [-0.2, -0.15) is 0 Å². The van der Waals surface area contributed by atoms with Crippen LogP contribution < -0.4 is 0 Å². The molecule has 0 unspecified atom stereocenters. The number of aromatic nitrogens is 2. The Morgan fingerprint density at radius 2 is 2.67 bits per heavy atom. The molecule has 2 rings (SSSR count). The van der Waals surface area contributed by atoms with Crippen LogP contribution in [-0.4, -0.2) is 9.38 Å². The smallest absolute Gasteiger partial charge is 0.194 e. The number of hydrogen-bond acceptors (Lipinski definition) is 2. The lowest BCUT2D eigenvalue weighted by molar-refractivity contribution is 1.13. The standard InChI is InChI=1S/C6H5N2S/c1-5-4-9-6-7-2-3-8(5)6/h2-3H,1H3. The second-order valence-corrected chi connectivity index (χ2v) is 2.64. The third kappa shape index (κ3) is 0.580. The van der Waals surface area contributed by atoms with Gasteiger partial charge in [0.2, 0.25) is 0 Å². The van der Waals surface area contributed by atoms with Crippen LogP contribution in [0.25, 0.3) is 4.96 Å². The van der Waals surface area contributed by atoms with Crippen molar-refractivity contribution in [1.82, 2.24) is 9.38 Å². The van der Waals surface area contributed by atoms with Gasteiger partial charge in [-0.25, -0.2) is 4.98 Å². The number of rotatable bonds is 0. The van der Waals surface area contributed by atoms with E-state index in [9.17, 15) is 0 Å². The Bertz CT molecular complexity index is 320. The Balaban J connectivity index is 2.99. The Hall–Kier alpha value is -0.830. The fourth-order valence-electron chi connectivity index (χ4n) is 0.789. The minimum atomic E-state index is 1.02. The molecular weight excluding hydrogens is 132 g/mol. The van der Waals surface area contributed by atoms with E-state index in [2.05, 4.69) is 10.4 Å². The predicted octanol–water partition coefficient (Wildman–Crippen LogP) is 1.50. The number of thiazole rings is 1. The molecule has 2 heterocycles. The third-order valence-electron chi connectivity index (χ3n) is 1.26. The van der Waals surface area contributed by atoms with E-state index in [0.29, 0.717) is 0 Å². The summed E-state index contributed by atoms with van der Waals surface area (Å²) in [5, 5.41) is 3.10. The van der Waals surface area contributed by atoms with Gasteiger partial charge in [0.1, 0.15) is 0 Å². The average Bonchev–Trinajstić information content (AvgIpc) is 2.35. The minimum absolute atomic E-state index is 1.02. The third-order valence-corrected chi connectivity index (χ3v) is 2.14. The Labute approximate surface area is 56.8 Å². The molecule has 0 N–H and O–H groups in total. The zero-order valence-electron chi connectivity index (χ0n) is 4.96. The monoisotopic (exact) mass is 137 g/mol. The number of aryl methyl sites for hydroxylation is 1. The summed E-state index contributed by atoms with van der Waals surface area (Å²) in [6, 6.07) is 0. The van der Waals surface area contributed by atoms with Crippen LogP contribution >= 0.6 is 11.3 Å². The fraction of sp³-hybridized carbons (Fsp3) is 0.167. The lowest BCUT2D eigenvalue weighted by Crippen LogP contribution is -1.77. The SMILES string of the molecule is Cc1[c]sc2nccn12. The summed E-state index contributed by atoms with van der Waals surface area (Å²) < 4.78 is 2.02. The van der Waals surface area contributed by atoms with Crippen molar-refractivity contribution in [2.24, 2.45) is 0 Å². The van der Waals surface area contributed by atoms with E-state index in [1.165, 1.54) is 0 Å².